The van der Waals surface area contributed by atoms with Crippen molar-refractivity contribution in [2.45, 2.75) is 6.54 Å². The van der Waals surface area contributed by atoms with Gasteiger partial charge < -0.3 is 9.47 Å². The molecule has 144 valence electrons. The molecule has 0 spiro atoms. The molecule has 1 amide bonds. The second kappa shape index (κ2) is 8.35. The van der Waals surface area contributed by atoms with Crippen LogP contribution in [0.3, 0.4) is 0 Å². The minimum absolute atomic E-state index is 0.0971. The van der Waals surface area contributed by atoms with Gasteiger partial charge in [0.15, 0.2) is 0 Å². The summed E-state index contributed by atoms with van der Waals surface area (Å²) in [5, 5.41) is 0. The molecular weight excluding hydrogens is 355 g/mol. The molecule has 0 bridgehead atoms. The Hall–Kier alpha value is -2.99. The predicted molar refractivity (Wildman–Crippen MR) is 106 cm³/mol. The number of carbonyl (C=O) groups excluding carboxylic acids is 1. The number of amides is 1. The topological polar surface area (TPSA) is 41.4 Å². The number of hydrogen-bond donors (Lipinski definition) is 0. The van der Waals surface area contributed by atoms with Crippen LogP contribution >= 0.6 is 0 Å². The van der Waals surface area contributed by atoms with E-state index in [1.165, 1.54) is 12.1 Å². The average Bonchev–Trinajstić information content (AvgIpc) is 3.21. The van der Waals surface area contributed by atoms with Crippen molar-refractivity contribution in [3.63, 3.8) is 0 Å². The Labute approximate surface area is 164 Å². The van der Waals surface area contributed by atoms with Crippen LogP contribution in [0.4, 0.5) is 4.39 Å². The summed E-state index contributed by atoms with van der Waals surface area (Å²) in [5.74, 6) is 0.500. The van der Waals surface area contributed by atoms with Crippen molar-refractivity contribution in [3.8, 4) is 11.4 Å². The zero-order valence-electron chi connectivity index (χ0n) is 15.7. The zero-order chi connectivity index (χ0) is 19.3. The van der Waals surface area contributed by atoms with Crippen molar-refractivity contribution < 1.29 is 9.18 Å². The largest absolute Gasteiger partial charge is 0.336 e. The monoisotopic (exact) mass is 378 g/mol. The maximum absolute atomic E-state index is 13.4. The van der Waals surface area contributed by atoms with E-state index < -0.39 is 0 Å². The molecule has 0 saturated carbocycles. The standard InChI is InChI=1S/C22H23FN4O/c23-20-8-4-7-19(17-20)22(28)27-15-12-25(13-16-27)11-14-26-10-9-24-21(26)18-5-2-1-3-6-18/h1-10,17H,11-16H2. The van der Waals surface area contributed by atoms with E-state index in [0.29, 0.717) is 18.7 Å². The zero-order valence-corrected chi connectivity index (χ0v) is 15.7. The van der Waals surface area contributed by atoms with Gasteiger partial charge in [-0.3, -0.25) is 9.69 Å². The molecule has 3 aromatic rings. The summed E-state index contributed by atoms with van der Waals surface area (Å²) in [6.07, 6.45) is 3.84. The van der Waals surface area contributed by atoms with Crippen LogP contribution in [-0.2, 0) is 6.54 Å². The van der Waals surface area contributed by atoms with Gasteiger partial charge in [-0.15, -0.1) is 0 Å². The van der Waals surface area contributed by atoms with Gasteiger partial charge in [0.1, 0.15) is 11.6 Å². The van der Waals surface area contributed by atoms with Crippen LogP contribution in [0.15, 0.2) is 67.0 Å². The molecular formula is C22H23FN4O. The van der Waals surface area contributed by atoms with Crippen molar-refractivity contribution in [1.82, 2.24) is 19.4 Å². The average molecular weight is 378 g/mol. The van der Waals surface area contributed by atoms with E-state index in [1.54, 1.807) is 17.0 Å². The fourth-order valence-electron chi connectivity index (χ4n) is 3.56. The molecule has 6 heteroatoms. The van der Waals surface area contributed by atoms with E-state index in [-0.39, 0.29) is 11.7 Å². The number of aromatic nitrogens is 2. The second-order valence-corrected chi connectivity index (χ2v) is 6.95. The fraction of sp³-hybridized carbons (Fsp3) is 0.273. The highest BCUT2D eigenvalue weighted by atomic mass is 19.1. The van der Waals surface area contributed by atoms with Gasteiger partial charge in [0.05, 0.1) is 0 Å². The first kappa shape index (κ1) is 18.4. The van der Waals surface area contributed by atoms with Crippen LogP contribution in [0.5, 0.6) is 0 Å². The first-order chi connectivity index (χ1) is 13.7. The third-order valence-corrected chi connectivity index (χ3v) is 5.14. The number of halogens is 1. The summed E-state index contributed by atoms with van der Waals surface area (Å²) in [4.78, 5) is 21.2. The molecule has 1 fully saturated rings. The lowest BCUT2D eigenvalue weighted by atomic mass is 10.1. The maximum Gasteiger partial charge on any atom is 0.254 e. The van der Waals surface area contributed by atoms with Crippen molar-refractivity contribution >= 4 is 5.91 Å². The molecule has 2 aromatic carbocycles. The molecule has 0 atom stereocenters. The second-order valence-electron chi connectivity index (χ2n) is 6.95. The lowest BCUT2D eigenvalue weighted by Gasteiger charge is -2.34. The summed E-state index contributed by atoms with van der Waals surface area (Å²) in [6, 6.07) is 16.1. The molecule has 28 heavy (non-hydrogen) atoms. The summed E-state index contributed by atoms with van der Waals surface area (Å²) < 4.78 is 15.5. The summed E-state index contributed by atoms with van der Waals surface area (Å²) in [5.41, 5.74) is 1.53. The Bertz CT molecular complexity index is 932. The molecule has 4 rings (SSSR count). The summed E-state index contributed by atoms with van der Waals surface area (Å²) in [7, 11) is 0. The first-order valence-electron chi connectivity index (χ1n) is 9.54. The van der Waals surface area contributed by atoms with Crippen LogP contribution in [0.2, 0.25) is 0 Å². The van der Waals surface area contributed by atoms with Crippen molar-refractivity contribution in [3.05, 3.63) is 78.4 Å². The maximum atomic E-state index is 13.4. The molecule has 0 aliphatic carbocycles. The molecule has 0 radical (unpaired) electrons. The lowest BCUT2D eigenvalue weighted by Crippen LogP contribution is -2.49. The number of rotatable bonds is 5. The van der Waals surface area contributed by atoms with Crippen molar-refractivity contribution in [2.24, 2.45) is 0 Å². The number of imidazole rings is 1. The number of carbonyl (C=O) groups is 1. The number of piperazine rings is 1. The number of nitrogens with zero attached hydrogens (tertiary/aromatic N) is 4. The fourth-order valence-corrected chi connectivity index (χ4v) is 3.56. The Kier molecular flexibility index (Phi) is 5.48. The third kappa shape index (κ3) is 4.12. The van der Waals surface area contributed by atoms with Gasteiger partial charge >= 0.3 is 0 Å². The summed E-state index contributed by atoms with van der Waals surface area (Å²) >= 11 is 0. The van der Waals surface area contributed by atoms with Crippen LogP contribution in [0.25, 0.3) is 11.4 Å². The van der Waals surface area contributed by atoms with E-state index in [4.69, 9.17) is 0 Å². The van der Waals surface area contributed by atoms with E-state index in [1.807, 2.05) is 30.6 Å². The Morgan fingerprint density at radius 1 is 0.964 bits per heavy atom. The Morgan fingerprint density at radius 2 is 1.75 bits per heavy atom. The third-order valence-electron chi connectivity index (χ3n) is 5.14. The molecule has 1 saturated heterocycles. The molecule has 1 aliphatic heterocycles. The molecule has 5 nitrogen and oxygen atoms in total. The van der Waals surface area contributed by atoms with Crippen molar-refractivity contribution in [2.75, 3.05) is 32.7 Å². The van der Waals surface area contributed by atoms with Crippen molar-refractivity contribution in [1.29, 1.82) is 0 Å². The minimum Gasteiger partial charge on any atom is -0.336 e. The molecule has 0 unspecified atom stereocenters. The SMILES string of the molecule is O=C(c1cccc(F)c1)N1CCN(CCn2ccnc2-c2ccccc2)CC1. The van der Waals surface area contributed by atoms with Gasteiger partial charge in [0.2, 0.25) is 0 Å². The number of benzene rings is 2. The van der Waals surface area contributed by atoms with Gasteiger partial charge in [-0.05, 0) is 18.2 Å². The van der Waals surface area contributed by atoms with Gasteiger partial charge in [-0.25, -0.2) is 9.37 Å². The van der Waals surface area contributed by atoms with Crippen LogP contribution in [-0.4, -0.2) is 58.0 Å². The van der Waals surface area contributed by atoms with Gasteiger partial charge in [0.25, 0.3) is 5.91 Å². The van der Waals surface area contributed by atoms with Crippen LogP contribution in [0, 0.1) is 5.82 Å². The molecule has 0 N–H and O–H groups in total. The van der Waals surface area contributed by atoms with Crippen LogP contribution in [0.1, 0.15) is 10.4 Å². The molecule has 2 heterocycles. The summed E-state index contributed by atoms with van der Waals surface area (Å²) in [6.45, 7) is 4.70. The normalized spacial score (nSPS) is 15.0. The molecule has 1 aromatic heterocycles. The van der Waals surface area contributed by atoms with E-state index in [2.05, 4.69) is 26.6 Å². The number of hydrogen-bond acceptors (Lipinski definition) is 3. The predicted octanol–water partition coefficient (Wildman–Crippen LogP) is 3.15. The first-order valence-corrected chi connectivity index (χ1v) is 9.54. The highest BCUT2D eigenvalue weighted by molar-refractivity contribution is 5.94. The lowest BCUT2D eigenvalue weighted by molar-refractivity contribution is 0.0633. The van der Waals surface area contributed by atoms with Crippen LogP contribution < -0.4 is 0 Å². The Morgan fingerprint density at radius 3 is 2.50 bits per heavy atom. The highest BCUT2D eigenvalue weighted by Gasteiger charge is 2.22. The molecule has 1 aliphatic rings. The highest BCUT2D eigenvalue weighted by Crippen LogP contribution is 2.17. The minimum atomic E-state index is -0.376. The van der Waals surface area contributed by atoms with E-state index in [9.17, 15) is 9.18 Å². The van der Waals surface area contributed by atoms with E-state index >= 15 is 0 Å². The Balaban J connectivity index is 1.31. The van der Waals surface area contributed by atoms with Gasteiger partial charge in [-0.1, -0.05) is 36.4 Å². The van der Waals surface area contributed by atoms with E-state index in [0.717, 1.165) is 37.6 Å². The smallest absolute Gasteiger partial charge is 0.254 e. The van der Waals surface area contributed by atoms with Gasteiger partial charge in [-0.2, -0.15) is 0 Å². The quantitative estimate of drug-likeness (QED) is 0.685. The van der Waals surface area contributed by atoms with Gasteiger partial charge in [0, 0.05) is 62.8 Å².